The minimum atomic E-state index is -0.346. The van der Waals surface area contributed by atoms with Gasteiger partial charge in [0.15, 0.2) is 5.65 Å². The van der Waals surface area contributed by atoms with Crippen LogP contribution in [0.15, 0.2) is 64.4 Å². The van der Waals surface area contributed by atoms with E-state index in [1.165, 1.54) is 11.8 Å². The van der Waals surface area contributed by atoms with Crippen molar-refractivity contribution in [2.75, 3.05) is 17.4 Å². The van der Waals surface area contributed by atoms with Crippen LogP contribution in [-0.2, 0) is 0 Å². The van der Waals surface area contributed by atoms with Crippen LogP contribution in [0.2, 0.25) is 0 Å². The summed E-state index contributed by atoms with van der Waals surface area (Å²) in [6.07, 6.45) is 1.87. The first kappa shape index (κ1) is 17.2. The number of nitrogens with zero attached hydrogens (tertiary/aromatic N) is 4. The van der Waals surface area contributed by atoms with Gasteiger partial charge in [0.1, 0.15) is 10.4 Å². The fourth-order valence-electron chi connectivity index (χ4n) is 2.88. The van der Waals surface area contributed by atoms with E-state index in [4.69, 9.17) is 5.84 Å². The highest BCUT2D eigenvalue weighted by Crippen LogP contribution is 2.25. The summed E-state index contributed by atoms with van der Waals surface area (Å²) < 4.78 is 2.70. The monoisotopic (exact) mass is 378 g/mol. The van der Waals surface area contributed by atoms with Gasteiger partial charge in [0, 0.05) is 5.69 Å². The molecular formula is C19H18N6OS. The van der Waals surface area contributed by atoms with Crippen LogP contribution >= 0.6 is 11.8 Å². The van der Waals surface area contributed by atoms with Crippen molar-refractivity contribution in [3.63, 3.8) is 0 Å². The molecule has 0 aliphatic heterocycles. The second kappa shape index (κ2) is 6.81. The third-order valence-corrected chi connectivity index (χ3v) is 4.84. The predicted octanol–water partition coefficient (Wildman–Crippen LogP) is 3.07. The molecule has 136 valence electrons. The highest BCUT2D eigenvalue weighted by molar-refractivity contribution is 7.98. The summed E-state index contributed by atoms with van der Waals surface area (Å²) in [4.78, 5) is 17.5. The lowest BCUT2D eigenvalue weighted by atomic mass is 10.2. The largest absolute Gasteiger partial charge is 0.333 e. The number of hydrogen-bond donors (Lipinski definition) is 2. The van der Waals surface area contributed by atoms with Gasteiger partial charge in [0.05, 0.1) is 5.69 Å². The number of benzene rings is 2. The second-order valence-corrected chi connectivity index (χ2v) is 6.86. The number of thioether (sulfide) groups is 1. The number of aryl methyl sites for hydroxylation is 1. The van der Waals surface area contributed by atoms with E-state index in [1.54, 1.807) is 4.68 Å². The molecule has 0 spiro atoms. The quantitative estimate of drug-likeness (QED) is 0.419. The van der Waals surface area contributed by atoms with Crippen LogP contribution in [0.3, 0.4) is 0 Å². The van der Waals surface area contributed by atoms with E-state index in [2.05, 4.69) is 15.4 Å². The van der Waals surface area contributed by atoms with E-state index >= 15 is 0 Å². The van der Waals surface area contributed by atoms with Crippen LogP contribution in [0, 0.1) is 6.92 Å². The zero-order chi connectivity index (χ0) is 19.0. The first-order valence-electron chi connectivity index (χ1n) is 8.32. The summed E-state index contributed by atoms with van der Waals surface area (Å²) in [5, 5.41) is 8.69. The molecule has 27 heavy (non-hydrogen) atoms. The third kappa shape index (κ3) is 3.04. The number of aromatic nitrogens is 4. The molecule has 0 amide bonds. The minimum absolute atomic E-state index is 0.253. The number of nitrogen functional groups attached to an aromatic ring is 1. The minimum Gasteiger partial charge on any atom is -0.333 e. The van der Waals surface area contributed by atoms with Crippen LogP contribution < -0.4 is 16.7 Å². The van der Waals surface area contributed by atoms with Gasteiger partial charge in [0.25, 0.3) is 5.56 Å². The molecule has 4 rings (SSSR count). The zero-order valence-corrected chi connectivity index (χ0v) is 15.7. The number of hydrogen-bond acceptors (Lipinski definition) is 6. The van der Waals surface area contributed by atoms with E-state index in [9.17, 15) is 4.79 Å². The van der Waals surface area contributed by atoms with Crippen molar-refractivity contribution < 1.29 is 0 Å². The molecule has 4 aromatic rings. The molecule has 0 aliphatic rings. The van der Waals surface area contributed by atoms with Crippen molar-refractivity contribution >= 4 is 34.4 Å². The molecule has 7 nitrogen and oxygen atoms in total. The second-order valence-electron chi connectivity index (χ2n) is 6.06. The molecule has 0 saturated heterocycles. The summed E-state index contributed by atoms with van der Waals surface area (Å²) in [6.45, 7) is 1.99. The molecule has 0 atom stereocenters. The molecule has 0 bridgehead atoms. The van der Waals surface area contributed by atoms with Gasteiger partial charge < -0.3 is 11.2 Å². The van der Waals surface area contributed by atoms with Crippen molar-refractivity contribution in [2.45, 2.75) is 11.9 Å². The van der Waals surface area contributed by atoms with Crippen LogP contribution in [-0.4, -0.2) is 25.7 Å². The maximum Gasteiger partial charge on any atom is 0.285 e. The maximum absolute atomic E-state index is 12.9. The molecule has 2 aromatic carbocycles. The number of fused-ring (bicyclic) bond motifs is 1. The summed E-state index contributed by atoms with van der Waals surface area (Å²) in [7, 11) is 0. The van der Waals surface area contributed by atoms with Gasteiger partial charge in [-0.3, -0.25) is 4.79 Å². The van der Waals surface area contributed by atoms with Crippen molar-refractivity contribution in [3.05, 3.63) is 70.5 Å². The smallest absolute Gasteiger partial charge is 0.285 e. The Hall–Kier alpha value is -3.26. The summed E-state index contributed by atoms with van der Waals surface area (Å²) >= 11 is 1.39. The summed E-state index contributed by atoms with van der Waals surface area (Å²) in [6, 6.07) is 17.4. The van der Waals surface area contributed by atoms with E-state index in [1.807, 2.05) is 67.8 Å². The first-order valence-corrected chi connectivity index (χ1v) is 9.55. The van der Waals surface area contributed by atoms with E-state index in [0.29, 0.717) is 16.1 Å². The number of nitrogens with two attached hydrogens (primary N) is 1. The lowest BCUT2D eigenvalue weighted by Crippen LogP contribution is -2.30. The van der Waals surface area contributed by atoms with Crippen LogP contribution in [0.25, 0.3) is 16.7 Å². The van der Waals surface area contributed by atoms with E-state index in [-0.39, 0.29) is 11.5 Å². The normalized spacial score (nSPS) is 11.0. The molecule has 0 unspecified atom stereocenters. The fourth-order valence-corrected chi connectivity index (χ4v) is 3.43. The summed E-state index contributed by atoms with van der Waals surface area (Å²) in [5.41, 5.74) is 2.84. The number of para-hydroxylation sites is 1. The van der Waals surface area contributed by atoms with E-state index < -0.39 is 0 Å². The Morgan fingerprint density at radius 3 is 2.59 bits per heavy atom. The number of anilines is 2. The van der Waals surface area contributed by atoms with Crippen molar-refractivity contribution in [3.8, 4) is 5.69 Å². The van der Waals surface area contributed by atoms with Gasteiger partial charge in [0.2, 0.25) is 5.95 Å². The number of rotatable bonds is 4. The molecule has 0 aliphatic carbocycles. The highest BCUT2D eigenvalue weighted by atomic mass is 32.2. The van der Waals surface area contributed by atoms with Gasteiger partial charge in [-0.2, -0.15) is 14.8 Å². The summed E-state index contributed by atoms with van der Waals surface area (Å²) in [5.74, 6) is 6.29. The van der Waals surface area contributed by atoms with Gasteiger partial charge >= 0.3 is 0 Å². The SMILES string of the molecule is CSc1nn(-c2ccccc2)c2nc(Nc3cccc(C)c3)n(N)c(=O)c12. The van der Waals surface area contributed by atoms with Crippen molar-refractivity contribution in [1.82, 2.24) is 19.4 Å². The third-order valence-electron chi connectivity index (χ3n) is 4.17. The van der Waals surface area contributed by atoms with Gasteiger partial charge in [-0.25, -0.2) is 4.68 Å². The standard InChI is InChI=1S/C19H18N6OS/c1-12-7-6-8-13(11-12)21-19-22-16-15(18(26)24(19)20)17(27-2)23-25(16)14-9-4-3-5-10-14/h3-11H,20H2,1-2H3,(H,21,22). The van der Waals surface area contributed by atoms with E-state index in [0.717, 1.165) is 21.6 Å². The molecule has 3 N–H and O–H groups in total. The van der Waals surface area contributed by atoms with Crippen molar-refractivity contribution in [1.29, 1.82) is 0 Å². The average molecular weight is 378 g/mol. The molecule has 0 fully saturated rings. The van der Waals surface area contributed by atoms with Gasteiger partial charge in [-0.1, -0.05) is 30.3 Å². The van der Waals surface area contributed by atoms with Crippen LogP contribution in [0.4, 0.5) is 11.6 Å². The first-order chi connectivity index (χ1) is 13.1. The molecule has 0 saturated carbocycles. The van der Waals surface area contributed by atoms with Crippen LogP contribution in [0.1, 0.15) is 5.56 Å². The molecule has 2 heterocycles. The van der Waals surface area contributed by atoms with Gasteiger partial charge in [-0.05, 0) is 43.0 Å². The topological polar surface area (TPSA) is 90.8 Å². The Morgan fingerprint density at radius 2 is 1.89 bits per heavy atom. The number of nitrogens with one attached hydrogen (secondary N) is 1. The van der Waals surface area contributed by atoms with Crippen molar-refractivity contribution in [2.24, 2.45) is 0 Å². The highest BCUT2D eigenvalue weighted by Gasteiger charge is 2.20. The molecule has 2 aromatic heterocycles. The Morgan fingerprint density at radius 1 is 1.11 bits per heavy atom. The Balaban J connectivity index is 1.94. The van der Waals surface area contributed by atoms with Gasteiger partial charge in [-0.15, -0.1) is 11.8 Å². The lowest BCUT2D eigenvalue weighted by Gasteiger charge is -2.11. The molecule has 0 radical (unpaired) electrons. The van der Waals surface area contributed by atoms with Crippen LogP contribution in [0.5, 0.6) is 0 Å². The Kier molecular flexibility index (Phi) is 4.33. The molecule has 8 heteroatoms. The zero-order valence-electron chi connectivity index (χ0n) is 14.9. The maximum atomic E-state index is 12.9. The lowest BCUT2D eigenvalue weighted by molar-refractivity contribution is 0.849. The predicted molar refractivity (Wildman–Crippen MR) is 110 cm³/mol. The Bertz CT molecular complexity index is 1180. The average Bonchev–Trinajstić information content (AvgIpc) is 3.05. The fraction of sp³-hybridized carbons (Fsp3) is 0.105. The Labute approximate surface area is 159 Å². The molecular weight excluding hydrogens is 360 g/mol.